The molecule has 0 aromatic heterocycles. The molecule has 1 unspecified atom stereocenters. The summed E-state index contributed by atoms with van der Waals surface area (Å²) in [6.45, 7) is 7.95. The van der Waals surface area contributed by atoms with Crippen LogP contribution in [0.15, 0.2) is 24.8 Å². The molecular formula is C13H16O3. The summed E-state index contributed by atoms with van der Waals surface area (Å²) in [5.41, 5.74) is 1.87. The predicted molar refractivity (Wildman–Crippen MR) is 63.5 cm³/mol. The Morgan fingerprint density at radius 1 is 1.62 bits per heavy atom. The molecule has 3 nitrogen and oxygen atoms in total. The van der Waals surface area contributed by atoms with Crippen LogP contribution < -0.4 is 0 Å². The van der Waals surface area contributed by atoms with E-state index in [1.165, 1.54) is 0 Å². The maximum absolute atomic E-state index is 11.0. The van der Waals surface area contributed by atoms with Gasteiger partial charge in [0.1, 0.15) is 0 Å². The van der Waals surface area contributed by atoms with Gasteiger partial charge in [0.25, 0.3) is 0 Å². The predicted octanol–water partition coefficient (Wildman–Crippen LogP) is 3.13. The molecule has 1 atom stereocenters. The molecule has 16 heavy (non-hydrogen) atoms. The third-order valence-corrected chi connectivity index (χ3v) is 2.40. The zero-order valence-corrected chi connectivity index (χ0v) is 9.56. The van der Waals surface area contributed by atoms with Crippen molar-refractivity contribution in [1.82, 2.24) is 0 Å². The topological polar surface area (TPSA) is 46.5 Å². The van der Waals surface area contributed by atoms with Gasteiger partial charge in [-0.2, -0.15) is 0 Å². The molecule has 0 amide bonds. The first-order valence-electron chi connectivity index (χ1n) is 5.21. The molecule has 0 radical (unpaired) electrons. The van der Waals surface area contributed by atoms with Crippen LogP contribution >= 0.6 is 0 Å². The van der Waals surface area contributed by atoms with E-state index in [0.717, 1.165) is 5.56 Å². The Kier molecular flexibility index (Phi) is 4.26. The molecular weight excluding hydrogens is 204 g/mol. The van der Waals surface area contributed by atoms with E-state index < -0.39 is 5.97 Å². The Morgan fingerprint density at radius 3 is 2.81 bits per heavy atom. The van der Waals surface area contributed by atoms with Gasteiger partial charge in [-0.05, 0) is 37.1 Å². The molecule has 86 valence electrons. The average Bonchev–Trinajstić information content (AvgIpc) is 2.28. The summed E-state index contributed by atoms with van der Waals surface area (Å²) in [6.07, 6.45) is 1.46. The van der Waals surface area contributed by atoms with Gasteiger partial charge >= 0.3 is 5.97 Å². The van der Waals surface area contributed by atoms with E-state index in [0.29, 0.717) is 12.2 Å². The standard InChI is InChI=1S/C13H16O3/c1-4-10-6-7-11(13(14)15)12(8-10)9(3)16-5-2/h4,6-9H,1,5H2,2-3H3,(H,14,15). The van der Waals surface area contributed by atoms with Crippen LogP contribution in [-0.4, -0.2) is 17.7 Å². The van der Waals surface area contributed by atoms with Crippen LogP contribution in [0.25, 0.3) is 6.08 Å². The van der Waals surface area contributed by atoms with Crippen molar-refractivity contribution >= 4 is 12.0 Å². The Morgan fingerprint density at radius 2 is 2.31 bits per heavy atom. The van der Waals surface area contributed by atoms with Crippen LogP contribution in [0.5, 0.6) is 0 Å². The summed E-state index contributed by atoms with van der Waals surface area (Å²) in [5.74, 6) is -0.933. The molecule has 3 heteroatoms. The minimum atomic E-state index is -0.933. The van der Waals surface area contributed by atoms with Crippen LogP contribution in [0.4, 0.5) is 0 Å². The number of carboxylic acid groups (broad SMARTS) is 1. The Bertz CT molecular complexity index is 396. The van der Waals surface area contributed by atoms with Gasteiger partial charge in [0.15, 0.2) is 0 Å². The Labute approximate surface area is 95.4 Å². The van der Waals surface area contributed by atoms with Gasteiger partial charge < -0.3 is 9.84 Å². The first kappa shape index (κ1) is 12.5. The summed E-state index contributed by atoms with van der Waals surface area (Å²) < 4.78 is 5.42. The zero-order chi connectivity index (χ0) is 12.1. The van der Waals surface area contributed by atoms with Crippen molar-refractivity contribution < 1.29 is 14.6 Å². The largest absolute Gasteiger partial charge is 0.478 e. The van der Waals surface area contributed by atoms with Gasteiger partial charge in [-0.25, -0.2) is 4.79 Å². The van der Waals surface area contributed by atoms with Crippen LogP contribution in [0, 0.1) is 0 Å². The fourth-order valence-electron chi connectivity index (χ4n) is 1.58. The van der Waals surface area contributed by atoms with Crippen molar-refractivity contribution in [2.24, 2.45) is 0 Å². The van der Waals surface area contributed by atoms with Crippen LogP contribution in [0.3, 0.4) is 0 Å². The third-order valence-electron chi connectivity index (χ3n) is 2.40. The molecule has 0 heterocycles. The van der Waals surface area contributed by atoms with Crippen molar-refractivity contribution in [2.45, 2.75) is 20.0 Å². The summed E-state index contributed by atoms with van der Waals surface area (Å²) in [7, 11) is 0. The molecule has 0 aliphatic carbocycles. The summed E-state index contributed by atoms with van der Waals surface area (Å²) >= 11 is 0. The molecule has 1 aromatic rings. The highest BCUT2D eigenvalue weighted by Gasteiger charge is 2.15. The summed E-state index contributed by atoms with van der Waals surface area (Å²) in [5, 5.41) is 9.06. The van der Waals surface area contributed by atoms with Crippen LogP contribution in [0.1, 0.15) is 41.4 Å². The molecule has 0 saturated carbocycles. The van der Waals surface area contributed by atoms with Gasteiger partial charge in [0.05, 0.1) is 11.7 Å². The van der Waals surface area contributed by atoms with Gasteiger partial charge in [-0.15, -0.1) is 0 Å². The van der Waals surface area contributed by atoms with Crippen LogP contribution in [0.2, 0.25) is 0 Å². The first-order valence-corrected chi connectivity index (χ1v) is 5.21. The molecule has 1 rings (SSSR count). The minimum absolute atomic E-state index is 0.226. The Hall–Kier alpha value is -1.61. The van der Waals surface area contributed by atoms with E-state index in [4.69, 9.17) is 9.84 Å². The molecule has 0 aliphatic rings. The smallest absolute Gasteiger partial charge is 0.336 e. The number of ether oxygens (including phenoxy) is 1. The molecule has 0 bridgehead atoms. The number of hydrogen-bond donors (Lipinski definition) is 1. The lowest BCUT2D eigenvalue weighted by molar-refractivity contribution is 0.0644. The van der Waals surface area contributed by atoms with Crippen molar-refractivity contribution in [1.29, 1.82) is 0 Å². The van der Waals surface area contributed by atoms with Crippen LogP contribution in [-0.2, 0) is 4.74 Å². The lowest BCUT2D eigenvalue weighted by atomic mass is 10.00. The van der Waals surface area contributed by atoms with Gasteiger partial charge in [0.2, 0.25) is 0 Å². The molecule has 1 aromatic carbocycles. The second kappa shape index (κ2) is 5.47. The summed E-state index contributed by atoms with van der Waals surface area (Å²) in [4.78, 5) is 11.0. The number of aromatic carboxylic acids is 1. The normalized spacial score (nSPS) is 12.1. The number of benzene rings is 1. The minimum Gasteiger partial charge on any atom is -0.478 e. The van der Waals surface area contributed by atoms with Crippen molar-refractivity contribution in [3.63, 3.8) is 0 Å². The number of carboxylic acids is 1. The highest BCUT2D eigenvalue weighted by molar-refractivity contribution is 5.90. The SMILES string of the molecule is C=Cc1ccc(C(=O)O)c(C(C)OCC)c1. The van der Waals surface area contributed by atoms with Gasteiger partial charge in [-0.3, -0.25) is 0 Å². The first-order chi connectivity index (χ1) is 7.60. The fraction of sp³-hybridized carbons (Fsp3) is 0.308. The number of carbonyl (C=O) groups is 1. The second-order valence-electron chi connectivity index (χ2n) is 3.45. The van der Waals surface area contributed by atoms with Gasteiger partial charge in [0, 0.05) is 6.61 Å². The maximum Gasteiger partial charge on any atom is 0.336 e. The van der Waals surface area contributed by atoms with E-state index in [1.807, 2.05) is 13.8 Å². The summed E-state index contributed by atoms with van der Waals surface area (Å²) in [6, 6.07) is 5.12. The van der Waals surface area contributed by atoms with E-state index >= 15 is 0 Å². The number of rotatable bonds is 5. The zero-order valence-electron chi connectivity index (χ0n) is 9.56. The molecule has 0 aliphatic heterocycles. The Balaban J connectivity index is 3.19. The van der Waals surface area contributed by atoms with E-state index in [1.54, 1.807) is 24.3 Å². The van der Waals surface area contributed by atoms with E-state index in [-0.39, 0.29) is 11.7 Å². The number of hydrogen-bond acceptors (Lipinski definition) is 2. The molecule has 0 saturated heterocycles. The monoisotopic (exact) mass is 220 g/mol. The molecule has 0 fully saturated rings. The van der Waals surface area contributed by atoms with E-state index in [2.05, 4.69) is 6.58 Å². The maximum atomic E-state index is 11.0. The lowest BCUT2D eigenvalue weighted by Gasteiger charge is -2.15. The van der Waals surface area contributed by atoms with Crippen molar-refractivity contribution in [3.8, 4) is 0 Å². The van der Waals surface area contributed by atoms with Crippen molar-refractivity contribution in [3.05, 3.63) is 41.5 Å². The van der Waals surface area contributed by atoms with Crippen molar-refractivity contribution in [2.75, 3.05) is 6.61 Å². The third kappa shape index (κ3) is 2.70. The fourth-order valence-corrected chi connectivity index (χ4v) is 1.58. The average molecular weight is 220 g/mol. The van der Waals surface area contributed by atoms with E-state index in [9.17, 15) is 4.79 Å². The van der Waals surface area contributed by atoms with Gasteiger partial charge in [-0.1, -0.05) is 18.7 Å². The highest BCUT2D eigenvalue weighted by Crippen LogP contribution is 2.23. The lowest BCUT2D eigenvalue weighted by Crippen LogP contribution is -2.08. The second-order valence-corrected chi connectivity index (χ2v) is 3.45. The highest BCUT2D eigenvalue weighted by atomic mass is 16.5. The molecule has 0 spiro atoms. The molecule has 1 N–H and O–H groups in total. The quantitative estimate of drug-likeness (QED) is 0.829.